The minimum absolute atomic E-state index is 0.0922. The number of carbonyl (C=O) groups excluding carboxylic acids is 2. The second-order valence-corrected chi connectivity index (χ2v) is 9.25. The first-order valence-electron chi connectivity index (χ1n) is 11.1. The number of alkyl carbamates (subject to hydrolysis) is 1. The van der Waals surface area contributed by atoms with Gasteiger partial charge in [0.15, 0.2) is 6.04 Å². The number of halogens is 1. The van der Waals surface area contributed by atoms with E-state index in [4.69, 9.17) is 16.3 Å². The van der Waals surface area contributed by atoms with Gasteiger partial charge in [-0.3, -0.25) is 4.79 Å². The summed E-state index contributed by atoms with van der Waals surface area (Å²) >= 11 is 6.12. The van der Waals surface area contributed by atoms with Crippen molar-refractivity contribution in [2.75, 3.05) is 6.61 Å². The molecule has 0 aliphatic heterocycles. The summed E-state index contributed by atoms with van der Waals surface area (Å²) in [5.41, 5.74) is 3.15. The second-order valence-electron chi connectivity index (χ2n) is 8.84. The molecule has 0 unspecified atom stereocenters. The normalized spacial score (nSPS) is 13.3. The number of carboxylic acids is 1. The first-order chi connectivity index (χ1) is 16.7. The van der Waals surface area contributed by atoms with Gasteiger partial charge in [-0.1, -0.05) is 78.3 Å². The fourth-order valence-electron chi connectivity index (χ4n) is 4.24. The van der Waals surface area contributed by atoms with Crippen LogP contribution in [0.25, 0.3) is 11.1 Å². The molecule has 7 nitrogen and oxygen atoms in total. The van der Waals surface area contributed by atoms with E-state index in [1.165, 1.54) is 19.9 Å². The van der Waals surface area contributed by atoms with Gasteiger partial charge in [0.05, 0.1) is 0 Å². The lowest BCUT2D eigenvalue weighted by molar-refractivity contribution is -0.142. The molecule has 1 aliphatic carbocycles. The molecule has 0 radical (unpaired) electrons. The van der Waals surface area contributed by atoms with Gasteiger partial charge in [0.1, 0.15) is 12.1 Å². The Kier molecular flexibility index (Phi) is 6.80. The van der Waals surface area contributed by atoms with E-state index in [0.29, 0.717) is 0 Å². The molecule has 0 saturated heterocycles. The van der Waals surface area contributed by atoms with Crippen LogP contribution >= 0.6 is 11.6 Å². The number of nitrogens with one attached hydrogen (secondary N) is 2. The maximum Gasteiger partial charge on any atom is 0.408 e. The molecule has 2 amide bonds. The number of amides is 2. The van der Waals surface area contributed by atoms with Gasteiger partial charge in [0.25, 0.3) is 0 Å². The van der Waals surface area contributed by atoms with Crippen molar-refractivity contribution in [2.24, 2.45) is 0 Å². The van der Waals surface area contributed by atoms with Gasteiger partial charge in [-0.2, -0.15) is 0 Å². The zero-order chi connectivity index (χ0) is 25.2. The molecule has 8 heteroatoms. The molecule has 0 spiro atoms. The van der Waals surface area contributed by atoms with Crippen LogP contribution in [0, 0.1) is 0 Å². The molecule has 35 heavy (non-hydrogen) atoms. The van der Waals surface area contributed by atoms with Crippen LogP contribution in [0.5, 0.6) is 0 Å². The summed E-state index contributed by atoms with van der Waals surface area (Å²) in [4.78, 5) is 37.3. The van der Waals surface area contributed by atoms with Crippen LogP contribution < -0.4 is 10.6 Å². The van der Waals surface area contributed by atoms with Gasteiger partial charge >= 0.3 is 12.1 Å². The van der Waals surface area contributed by atoms with Gasteiger partial charge in [-0.25, -0.2) is 9.59 Å². The Labute approximate surface area is 208 Å². The van der Waals surface area contributed by atoms with Crippen LogP contribution in [-0.4, -0.2) is 35.2 Å². The first-order valence-corrected chi connectivity index (χ1v) is 11.5. The van der Waals surface area contributed by atoms with E-state index in [-0.39, 0.29) is 23.1 Å². The predicted octanol–water partition coefficient (Wildman–Crippen LogP) is 4.90. The topological polar surface area (TPSA) is 105 Å². The average molecular weight is 493 g/mol. The molecular formula is C27H25ClN2O5. The van der Waals surface area contributed by atoms with E-state index in [0.717, 1.165) is 22.3 Å². The van der Waals surface area contributed by atoms with E-state index >= 15 is 0 Å². The number of hydrogen-bond donors (Lipinski definition) is 3. The Morgan fingerprint density at radius 1 is 0.943 bits per heavy atom. The Morgan fingerprint density at radius 3 is 2.06 bits per heavy atom. The molecule has 1 atom stereocenters. The summed E-state index contributed by atoms with van der Waals surface area (Å²) in [5.74, 6) is -2.09. The Balaban J connectivity index is 1.42. The van der Waals surface area contributed by atoms with Crippen molar-refractivity contribution in [3.05, 3.63) is 94.5 Å². The average Bonchev–Trinajstić information content (AvgIpc) is 3.15. The molecule has 0 fully saturated rings. The van der Waals surface area contributed by atoms with Crippen LogP contribution in [0.4, 0.5) is 4.79 Å². The summed E-state index contributed by atoms with van der Waals surface area (Å²) in [6, 6.07) is 20.9. The number of fused-ring (bicyclic) bond motifs is 3. The van der Waals surface area contributed by atoms with E-state index < -0.39 is 29.6 Å². The molecule has 3 aromatic rings. The number of benzene rings is 3. The smallest absolute Gasteiger partial charge is 0.408 e. The summed E-state index contributed by atoms with van der Waals surface area (Å²) in [7, 11) is 0. The number of ether oxygens (including phenoxy) is 1. The Hall–Kier alpha value is -3.84. The molecule has 0 saturated carbocycles. The molecule has 1 aliphatic rings. The van der Waals surface area contributed by atoms with E-state index in [1.54, 1.807) is 18.2 Å². The molecule has 3 aromatic carbocycles. The molecule has 0 aromatic heterocycles. The van der Waals surface area contributed by atoms with Crippen LogP contribution in [0.2, 0.25) is 5.02 Å². The maximum absolute atomic E-state index is 12.9. The van der Waals surface area contributed by atoms with Crippen LogP contribution in [0.3, 0.4) is 0 Å². The van der Waals surface area contributed by atoms with E-state index in [2.05, 4.69) is 10.6 Å². The molecule has 0 bridgehead atoms. The van der Waals surface area contributed by atoms with Crippen molar-refractivity contribution in [1.29, 1.82) is 0 Å². The van der Waals surface area contributed by atoms with Crippen molar-refractivity contribution in [2.45, 2.75) is 31.3 Å². The quantitative estimate of drug-likeness (QED) is 0.435. The minimum Gasteiger partial charge on any atom is -0.479 e. The summed E-state index contributed by atoms with van der Waals surface area (Å²) in [6.07, 6.45) is -0.781. The Bertz CT molecular complexity index is 1240. The fourth-order valence-corrected chi connectivity index (χ4v) is 4.48. The third kappa shape index (κ3) is 5.00. The molecule has 180 valence electrons. The standard InChI is InChI=1S/C27H25ClN2O5/c1-27(2,25(33)29-23(24(31)32)20-13-7-8-14-22(20)28)30-26(34)35-15-21-18-11-5-3-9-16(18)17-10-4-6-12-19(17)21/h3-14,21,23H,15H2,1-2H3,(H,29,33)(H,30,34)(H,31,32)/t23-/m1/s1. The summed E-state index contributed by atoms with van der Waals surface area (Å²) < 4.78 is 5.51. The summed E-state index contributed by atoms with van der Waals surface area (Å²) in [6.45, 7) is 3.03. The number of aliphatic carboxylic acids is 1. The Morgan fingerprint density at radius 2 is 1.49 bits per heavy atom. The largest absolute Gasteiger partial charge is 0.479 e. The fraction of sp³-hybridized carbons (Fsp3) is 0.222. The van der Waals surface area contributed by atoms with Crippen molar-refractivity contribution in [3.63, 3.8) is 0 Å². The van der Waals surface area contributed by atoms with Crippen molar-refractivity contribution in [3.8, 4) is 11.1 Å². The van der Waals surface area contributed by atoms with Crippen molar-refractivity contribution < 1.29 is 24.2 Å². The van der Waals surface area contributed by atoms with Gasteiger partial charge < -0.3 is 20.5 Å². The highest BCUT2D eigenvalue weighted by atomic mass is 35.5. The van der Waals surface area contributed by atoms with Crippen molar-refractivity contribution in [1.82, 2.24) is 10.6 Å². The SMILES string of the molecule is CC(C)(NC(=O)OCC1c2ccccc2-c2ccccc21)C(=O)N[C@@H](C(=O)O)c1ccccc1Cl. The monoisotopic (exact) mass is 492 g/mol. The highest BCUT2D eigenvalue weighted by molar-refractivity contribution is 6.31. The minimum atomic E-state index is -1.45. The first kappa shape index (κ1) is 24.3. The summed E-state index contributed by atoms with van der Waals surface area (Å²) in [5, 5.41) is 14.8. The second kappa shape index (κ2) is 9.80. The third-order valence-corrected chi connectivity index (χ3v) is 6.41. The van der Waals surface area contributed by atoms with E-state index in [9.17, 15) is 19.5 Å². The van der Waals surface area contributed by atoms with Crippen LogP contribution in [0.15, 0.2) is 72.8 Å². The highest BCUT2D eigenvalue weighted by Crippen LogP contribution is 2.44. The zero-order valence-corrected chi connectivity index (χ0v) is 20.0. The third-order valence-electron chi connectivity index (χ3n) is 6.06. The predicted molar refractivity (Wildman–Crippen MR) is 132 cm³/mol. The molecule has 4 rings (SSSR count). The van der Waals surface area contributed by atoms with Crippen molar-refractivity contribution >= 4 is 29.6 Å². The van der Waals surface area contributed by atoms with Gasteiger partial charge in [-0.05, 0) is 42.2 Å². The number of carbonyl (C=O) groups is 3. The lowest BCUT2D eigenvalue weighted by Crippen LogP contribution is -2.56. The highest BCUT2D eigenvalue weighted by Gasteiger charge is 2.35. The molecule has 3 N–H and O–H groups in total. The zero-order valence-electron chi connectivity index (χ0n) is 19.2. The van der Waals surface area contributed by atoms with Crippen LogP contribution in [0.1, 0.15) is 42.5 Å². The molecular weight excluding hydrogens is 468 g/mol. The number of hydrogen-bond acceptors (Lipinski definition) is 4. The molecule has 0 heterocycles. The maximum atomic E-state index is 12.9. The van der Waals surface area contributed by atoms with Gasteiger partial charge in [0, 0.05) is 16.5 Å². The number of carboxylic acid groups (broad SMARTS) is 1. The van der Waals surface area contributed by atoms with Gasteiger partial charge in [-0.15, -0.1) is 0 Å². The lowest BCUT2D eigenvalue weighted by atomic mass is 9.98. The number of rotatable bonds is 7. The van der Waals surface area contributed by atoms with Gasteiger partial charge in [0.2, 0.25) is 5.91 Å². The lowest BCUT2D eigenvalue weighted by Gasteiger charge is -2.27. The van der Waals surface area contributed by atoms with Crippen LogP contribution in [-0.2, 0) is 14.3 Å². The van der Waals surface area contributed by atoms with E-state index in [1.807, 2.05) is 48.5 Å².